The summed E-state index contributed by atoms with van der Waals surface area (Å²) in [7, 11) is 0. The van der Waals surface area contributed by atoms with Crippen molar-refractivity contribution in [2.24, 2.45) is 0 Å². The fourth-order valence-corrected chi connectivity index (χ4v) is 1.93. The van der Waals surface area contributed by atoms with Gasteiger partial charge in [0, 0.05) is 36.1 Å². The molecule has 0 amide bonds. The van der Waals surface area contributed by atoms with Crippen molar-refractivity contribution in [3.8, 4) is 11.4 Å². The fourth-order valence-electron chi connectivity index (χ4n) is 1.93. The van der Waals surface area contributed by atoms with E-state index in [1.165, 1.54) is 5.56 Å². The molecule has 0 aliphatic carbocycles. The van der Waals surface area contributed by atoms with E-state index < -0.39 is 0 Å². The summed E-state index contributed by atoms with van der Waals surface area (Å²) in [4.78, 5) is 8.90. The summed E-state index contributed by atoms with van der Waals surface area (Å²) in [6.45, 7) is 9.46. The van der Waals surface area contributed by atoms with Crippen LogP contribution in [0.25, 0.3) is 11.4 Å². The molecule has 3 nitrogen and oxygen atoms in total. The maximum absolute atomic E-state index is 4.45. The summed E-state index contributed by atoms with van der Waals surface area (Å²) < 4.78 is 0. The Hall–Kier alpha value is -1.74. The SMILES string of the molecule is CC(C)NCc1cnc(-c2ccc(C(C)C)cc2)nc1. The standard InChI is InChI=1S/C17H23N3/c1-12(2)15-5-7-16(8-6-15)17-19-10-14(11-20-17)9-18-13(3)4/h5-8,10-13,18H,9H2,1-4H3. The summed E-state index contributed by atoms with van der Waals surface area (Å²) in [5.74, 6) is 1.34. The van der Waals surface area contributed by atoms with Crippen LogP contribution in [0.2, 0.25) is 0 Å². The molecule has 1 heterocycles. The van der Waals surface area contributed by atoms with Crippen molar-refractivity contribution >= 4 is 0 Å². The van der Waals surface area contributed by atoms with Gasteiger partial charge in [-0.15, -0.1) is 0 Å². The van der Waals surface area contributed by atoms with E-state index in [0.29, 0.717) is 12.0 Å². The van der Waals surface area contributed by atoms with Gasteiger partial charge < -0.3 is 5.32 Å². The molecule has 0 saturated carbocycles. The zero-order valence-electron chi connectivity index (χ0n) is 12.7. The molecule has 0 saturated heterocycles. The van der Waals surface area contributed by atoms with Gasteiger partial charge in [-0.05, 0) is 11.5 Å². The molecule has 0 fully saturated rings. The third-order valence-corrected chi connectivity index (χ3v) is 3.26. The predicted octanol–water partition coefficient (Wildman–Crippen LogP) is 3.77. The minimum absolute atomic E-state index is 0.471. The van der Waals surface area contributed by atoms with Gasteiger partial charge in [0.2, 0.25) is 0 Å². The average molecular weight is 269 g/mol. The van der Waals surface area contributed by atoms with Gasteiger partial charge in [0.1, 0.15) is 0 Å². The maximum Gasteiger partial charge on any atom is 0.159 e. The van der Waals surface area contributed by atoms with Crippen molar-refractivity contribution in [1.29, 1.82) is 0 Å². The van der Waals surface area contributed by atoms with Crippen molar-refractivity contribution in [3.63, 3.8) is 0 Å². The molecule has 0 spiro atoms. The van der Waals surface area contributed by atoms with Crippen LogP contribution in [0.15, 0.2) is 36.7 Å². The van der Waals surface area contributed by atoms with Gasteiger partial charge in [0.05, 0.1) is 0 Å². The second-order valence-corrected chi connectivity index (χ2v) is 5.73. The highest BCUT2D eigenvalue weighted by atomic mass is 14.9. The molecule has 0 atom stereocenters. The van der Waals surface area contributed by atoms with Gasteiger partial charge in [0.25, 0.3) is 0 Å². The Morgan fingerprint density at radius 1 is 0.950 bits per heavy atom. The Bertz CT molecular complexity index is 527. The van der Waals surface area contributed by atoms with E-state index in [9.17, 15) is 0 Å². The Balaban J connectivity index is 2.09. The van der Waals surface area contributed by atoms with Crippen molar-refractivity contribution in [3.05, 3.63) is 47.8 Å². The first-order valence-corrected chi connectivity index (χ1v) is 7.21. The minimum Gasteiger partial charge on any atom is -0.310 e. The van der Waals surface area contributed by atoms with Crippen LogP contribution in [-0.4, -0.2) is 16.0 Å². The van der Waals surface area contributed by atoms with E-state index in [-0.39, 0.29) is 0 Å². The van der Waals surface area contributed by atoms with Crippen LogP contribution in [-0.2, 0) is 6.54 Å². The number of nitrogens with one attached hydrogen (secondary N) is 1. The molecule has 0 bridgehead atoms. The number of aromatic nitrogens is 2. The maximum atomic E-state index is 4.45. The molecular weight excluding hydrogens is 246 g/mol. The smallest absolute Gasteiger partial charge is 0.159 e. The third kappa shape index (κ3) is 3.87. The minimum atomic E-state index is 0.471. The Morgan fingerprint density at radius 2 is 1.55 bits per heavy atom. The van der Waals surface area contributed by atoms with Gasteiger partial charge in [-0.1, -0.05) is 52.0 Å². The molecule has 0 unspecified atom stereocenters. The molecule has 1 aromatic heterocycles. The van der Waals surface area contributed by atoms with Crippen molar-refractivity contribution in [1.82, 2.24) is 15.3 Å². The molecule has 3 heteroatoms. The van der Waals surface area contributed by atoms with Gasteiger partial charge in [-0.2, -0.15) is 0 Å². The van der Waals surface area contributed by atoms with Gasteiger partial charge in [0.15, 0.2) is 5.82 Å². The van der Waals surface area contributed by atoms with Crippen LogP contribution in [0.5, 0.6) is 0 Å². The van der Waals surface area contributed by atoms with Crippen LogP contribution in [0.3, 0.4) is 0 Å². The van der Waals surface area contributed by atoms with Crippen LogP contribution in [0, 0.1) is 0 Å². The zero-order chi connectivity index (χ0) is 14.5. The first-order chi connectivity index (χ1) is 9.56. The summed E-state index contributed by atoms with van der Waals surface area (Å²) in [5.41, 5.74) is 3.52. The third-order valence-electron chi connectivity index (χ3n) is 3.26. The van der Waals surface area contributed by atoms with E-state index in [0.717, 1.165) is 23.5 Å². The summed E-state index contributed by atoms with van der Waals surface area (Å²) in [6, 6.07) is 8.96. The molecule has 0 aliphatic rings. The molecule has 20 heavy (non-hydrogen) atoms. The van der Waals surface area contributed by atoms with Gasteiger partial charge in [-0.3, -0.25) is 0 Å². The lowest BCUT2D eigenvalue weighted by Gasteiger charge is -2.08. The highest BCUT2D eigenvalue weighted by Crippen LogP contribution is 2.19. The van der Waals surface area contributed by atoms with Gasteiger partial charge in [-0.25, -0.2) is 9.97 Å². The fraction of sp³-hybridized carbons (Fsp3) is 0.412. The van der Waals surface area contributed by atoms with Crippen LogP contribution < -0.4 is 5.32 Å². The predicted molar refractivity (Wildman–Crippen MR) is 83.5 cm³/mol. The van der Waals surface area contributed by atoms with E-state index in [4.69, 9.17) is 0 Å². The van der Waals surface area contributed by atoms with Crippen molar-refractivity contribution in [2.45, 2.75) is 46.2 Å². The first-order valence-electron chi connectivity index (χ1n) is 7.21. The number of benzene rings is 1. The van der Waals surface area contributed by atoms with E-state index >= 15 is 0 Å². The number of hydrogen-bond acceptors (Lipinski definition) is 3. The molecule has 2 rings (SSSR count). The molecule has 106 valence electrons. The van der Waals surface area contributed by atoms with E-state index in [1.54, 1.807) is 0 Å². The lowest BCUT2D eigenvalue weighted by molar-refractivity contribution is 0.587. The summed E-state index contributed by atoms with van der Waals surface area (Å²) in [5, 5.41) is 3.36. The Kier molecular flexibility index (Phi) is 4.85. The lowest BCUT2D eigenvalue weighted by atomic mass is 10.0. The van der Waals surface area contributed by atoms with Crippen LogP contribution in [0.4, 0.5) is 0 Å². The highest BCUT2D eigenvalue weighted by molar-refractivity contribution is 5.55. The van der Waals surface area contributed by atoms with E-state index in [1.807, 2.05) is 12.4 Å². The first kappa shape index (κ1) is 14.7. The average Bonchev–Trinajstić information content (AvgIpc) is 2.46. The Labute approximate surface area is 121 Å². The lowest BCUT2D eigenvalue weighted by Crippen LogP contribution is -2.21. The summed E-state index contributed by atoms with van der Waals surface area (Å²) in [6.07, 6.45) is 3.79. The second-order valence-electron chi connectivity index (χ2n) is 5.73. The van der Waals surface area contributed by atoms with Crippen molar-refractivity contribution in [2.75, 3.05) is 0 Å². The molecule has 1 aromatic carbocycles. The van der Waals surface area contributed by atoms with Crippen molar-refractivity contribution < 1.29 is 0 Å². The van der Waals surface area contributed by atoms with Crippen LogP contribution >= 0.6 is 0 Å². The number of hydrogen-bond donors (Lipinski definition) is 1. The topological polar surface area (TPSA) is 37.8 Å². The normalized spacial score (nSPS) is 11.3. The quantitative estimate of drug-likeness (QED) is 0.898. The molecular formula is C17H23N3. The molecule has 1 N–H and O–H groups in total. The largest absolute Gasteiger partial charge is 0.310 e. The highest BCUT2D eigenvalue weighted by Gasteiger charge is 2.04. The zero-order valence-corrected chi connectivity index (χ0v) is 12.7. The second kappa shape index (κ2) is 6.62. The number of rotatable bonds is 5. The number of nitrogens with zero attached hydrogens (tertiary/aromatic N) is 2. The Morgan fingerprint density at radius 3 is 2.05 bits per heavy atom. The van der Waals surface area contributed by atoms with E-state index in [2.05, 4.69) is 67.2 Å². The van der Waals surface area contributed by atoms with Crippen LogP contribution in [0.1, 0.15) is 44.7 Å². The molecule has 2 aromatic rings. The van der Waals surface area contributed by atoms with Gasteiger partial charge >= 0.3 is 0 Å². The molecule has 0 aliphatic heterocycles. The monoisotopic (exact) mass is 269 g/mol. The summed E-state index contributed by atoms with van der Waals surface area (Å²) >= 11 is 0. The molecule has 0 radical (unpaired) electrons.